The van der Waals surface area contributed by atoms with Crippen LogP contribution in [0.1, 0.15) is 17.2 Å². The molecule has 0 fully saturated rings. The first-order chi connectivity index (χ1) is 8.16. The van der Waals surface area contributed by atoms with E-state index >= 15 is 0 Å². The minimum Gasteiger partial charge on any atom is -0.317 e. The van der Waals surface area contributed by atoms with Gasteiger partial charge >= 0.3 is 0 Å². The quantitative estimate of drug-likeness (QED) is 0.750. The lowest BCUT2D eigenvalue weighted by molar-refractivity contribution is 0.633. The van der Waals surface area contributed by atoms with Gasteiger partial charge < -0.3 is 9.88 Å². The molecule has 92 valence electrons. The zero-order chi connectivity index (χ0) is 12.3. The molecule has 17 heavy (non-hydrogen) atoms. The Morgan fingerprint density at radius 1 is 1.29 bits per heavy atom. The highest BCUT2D eigenvalue weighted by Crippen LogP contribution is 1.98. The number of hydrogen-bond acceptors (Lipinski definition) is 4. The van der Waals surface area contributed by atoms with Crippen LogP contribution in [0.4, 0.5) is 0 Å². The van der Waals surface area contributed by atoms with E-state index in [1.807, 2.05) is 42.7 Å². The molecule has 1 N–H and O–H groups in total. The Balaban J connectivity index is 1.75. The zero-order valence-electron chi connectivity index (χ0n) is 10.5. The van der Waals surface area contributed by atoms with Gasteiger partial charge in [-0.1, -0.05) is 0 Å². The van der Waals surface area contributed by atoms with Crippen molar-refractivity contribution < 1.29 is 0 Å². The number of aryl methyl sites for hydroxylation is 2. The maximum Gasteiger partial charge on any atom is 0.146 e. The zero-order valence-corrected chi connectivity index (χ0v) is 10.5. The first kappa shape index (κ1) is 11.8. The van der Waals surface area contributed by atoms with Crippen molar-refractivity contribution in [1.82, 2.24) is 29.9 Å². The highest BCUT2D eigenvalue weighted by atomic mass is 15.3. The molecule has 0 saturated heterocycles. The summed E-state index contributed by atoms with van der Waals surface area (Å²) in [5.74, 6) is 1.91. The molecular weight excluding hydrogens is 216 g/mol. The van der Waals surface area contributed by atoms with Crippen LogP contribution < -0.4 is 5.32 Å². The molecule has 0 bridgehead atoms. The van der Waals surface area contributed by atoms with E-state index in [9.17, 15) is 0 Å². The van der Waals surface area contributed by atoms with Crippen LogP contribution in [0.25, 0.3) is 0 Å². The van der Waals surface area contributed by atoms with Gasteiger partial charge in [0.25, 0.3) is 0 Å². The van der Waals surface area contributed by atoms with E-state index in [-0.39, 0.29) is 0 Å². The molecular formula is C11H18N6. The van der Waals surface area contributed by atoms with E-state index in [1.54, 1.807) is 0 Å². The Bertz CT molecular complexity index is 484. The maximum atomic E-state index is 4.13. The first-order valence-electron chi connectivity index (χ1n) is 5.70. The van der Waals surface area contributed by atoms with Gasteiger partial charge in [0.15, 0.2) is 0 Å². The third-order valence-corrected chi connectivity index (χ3v) is 2.81. The van der Waals surface area contributed by atoms with Gasteiger partial charge in [-0.25, -0.2) is 0 Å². The molecule has 0 aliphatic rings. The van der Waals surface area contributed by atoms with E-state index in [4.69, 9.17) is 0 Å². The van der Waals surface area contributed by atoms with Gasteiger partial charge in [-0.3, -0.25) is 4.68 Å². The van der Waals surface area contributed by atoms with Crippen LogP contribution in [0.15, 0.2) is 12.4 Å². The fraction of sp³-hybridized carbons (Fsp3) is 0.545. The van der Waals surface area contributed by atoms with Crippen molar-refractivity contribution >= 4 is 0 Å². The van der Waals surface area contributed by atoms with Gasteiger partial charge in [-0.15, -0.1) is 10.2 Å². The average molecular weight is 234 g/mol. The second kappa shape index (κ2) is 5.09. The molecule has 0 aliphatic heterocycles. The molecule has 2 aromatic rings. The lowest BCUT2D eigenvalue weighted by atomic mass is 10.2. The average Bonchev–Trinajstić information content (AvgIpc) is 2.84. The minimum atomic E-state index is 0.748. The Morgan fingerprint density at radius 2 is 2.12 bits per heavy atom. The Morgan fingerprint density at radius 3 is 2.71 bits per heavy atom. The summed E-state index contributed by atoms with van der Waals surface area (Å²) in [6.07, 6.45) is 4.91. The van der Waals surface area contributed by atoms with Gasteiger partial charge in [-0.2, -0.15) is 5.10 Å². The van der Waals surface area contributed by atoms with Crippen LogP contribution in [-0.2, 0) is 27.1 Å². The van der Waals surface area contributed by atoms with Gasteiger partial charge in [0.1, 0.15) is 11.6 Å². The van der Waals surface area contributed by atoms with E-state index < -0.39 is 0 Å². The first-order valence-corrected chi connectivity index (χ1v) is 5.70. The molecule has 0 unspecified atom stereocenters. The summed E-state index contributed by atoms with van der Waals surface area (Å²) in [6, 6.07) is 0. The predicted octanol–water partition coefficient (Wildman–Crippen LogP) is 0.189. The van der Waals surface area contributed by atoms with Gasteiger partial charge in [0, 0.05) is 20.3 Å². The van der Waals surface area contributed by atoms with Crippen molar-refractivity contribution in [1.29, 1.82) is 0 Å². The van der Waals surface area contributed by atoms with Crippen molar-refractivity contribution in [3.05, 3.63) is 29.6 Å². The number of nitrogens with zero attached hydrogens (tertiary/aromatic N) is 5. The van der Waals surface area contributed by atoms with Crippen LogP contribution >= 0.6 is 0 Å². The fourth-order valence-corrected chi connectivity index (χ4v) is 1.64. The topological polar surface area (TPSA) is 60.6 Å². The van der Waals surface area contributed by atoms with Crippen LogP contribution in [0.2, 0.25) is 0 Å². The number of hydrogen-bond donors (Lipinski definition) is 1. The van der Waals surface area contributed by atoms with E-state index in [1.165, 1.54) is 5.56 Å². The maximum absolute atomic E-state index is 4.13. The summed E-state index contributed by atoms with van der Waals surface area (Å²) in [4.78, 5) is 0. The minimum absolute atomic E-state index is 0.748. The predicted molar refractivity (Wildman–Crippen MR) is 64.4 cm³/mol. The molecule has 2 heterocycles. The van der Waals surface area contributed by atoms with Gasteiger partial charge in [-0.05, 0) is 25.5 Å². The SMILES string of the molecule is Cc1nnc(CNCCc2cnn(C)c2)n1C. The number of rotatable bonds is 5. The summed E-state index contributed by atoms with van der Waals surface area (Å²) in [7, 11) is 3.91. The standard InChI is InChI=1S/C11H18N6/c1-9-14-15-11(17(9)3)7-12-5-4-10-6-13-16(2)8-10/h6,8,12H,4-5,7H2,1-3H3. The van der Waals surface area contributed by atoms with Gasteiger partial charge in [0.05, 0.1) is 12.7 Å². The summed E-state index contributed by atoms with van der Waals surface area (Å²) in [6.45, 7) is 3.61. The highest BCUT2D eigenvalue weighted by Gasteiger charge is 2.03. The smallest absolute Gasteiger partial charge is 0.146 e. The second-order valence-corrected chi connectivity index (χ2v) is 4.17. The van der Waals surface area contributed by atoms with Crippen molar-refractivity contribution in [3.63, 3.8) is 0 Å². The molecule has 0 atom stereocenters. The van der Waals surface area contributed by atoms with E-state index in [2.05, 4.69) is 20.6 Å². The molecule has 6 nitrogen and oxygen atoms in total. The number of nitrogens with one attached hydrogen (secondary N) is 1. The molecule has 6 heteroatoms. The van der Waals surface area contributed by atoms with Crippen LogP contribution in [0.3, 0.4) is 0 Å². The Hall–Kier alpha value is -1.69. The Labute approximate surface area is 101 Å². The third kappa shape index (κ3) is 2.91. The van der Waals surface area contributed by atoms with E-state index in [0.29, 0.717) is 0 Å². The van der Waals surface area contributed by atoms with Crippen LogP contribution in [-0.4, -0.2) is 31.1 Å². The summed E-state index contributed by atoms with van der Waals surface area (Å²) in [5, 5.41) is 15.6. The molecule has 0 spiro atoms. The van der Waals surface area contributed by atoms with Crippen molar-refractivity contribution in [3.8, 4) is 0 Å². The number of aromatic nitrogens is 5. The van der Waals surface area contributed by atoms with Gasteiger partial charge in [0.2, 0.25) is 0 Å². The van der Waals surface area contributed by atoms with Crippen LogP contribution in [0.5, 0.6) is 0 Å². The normalized spacial score (nSPS) is 11.0. The largest absolute Gasteiger partial charge is 0.317 e. The molecule has 0 radical (unpaired) electrons. The third-order valence-electron chi connectivity index (χ3n) is 2.81. The van der Waals surface area contributed by atoms with E-state index in [0.717, 1.165) is 31.2 Å². The lowest BCUT2D eigenvalue weighted by Crippen LogP contribution is -2.19. The molecule has 0 saturated carbocycles. The summed E-state index contributed by atoms with van der Waals surface area (Å²) in [5.41, 5.74) is 1.24. The Kier molecular flexibility index (Phi) is 3.53. The molecule has 0 amide bonds. The van der Waals surface area contributed by atoms with Crippen molar-refractivity contribution in [2.24, 2.45) is 14.1 Å². The molecule has 2 aromatic heterocycles. The van der Waals surface area contributed by atoms with Crippen LogP contribution in [0, 0.1) is 6.92 Å². The molecule has 0 aromatic carbocycles. The lowest BCUT2D eigenvalue weighted by Gasteiger charge is -2.03. The van der Waals surface area contributed by atoms with Crippen molar-refractivity contribution in [2.45, 2.75) is 19.9 Å². The fourth-order valence-electron chi connectivity index (χ4n) is 1.64. The second-order valence-electron chi connectivity index (χ2n) is 4.17. The molecule has 2 rings (SSSR count). The molecule has 0 aliphatic carbocycles. The summed E-state index contributed by atoms with van der Waals surface area (Å²) < 4.78 is 3.82. The summed E-state index contributed by atoms with van der Waals surface area (Å²) >= 11 is 0. The van der Waals surface area contributed by atoms with Crippen molar-refractivity contribution in [2.75, 3.05) is 6.54 Å². The monoisotopic (exact) mass is 234 g/mol. The highest BCUT2D eigenvalue weighted by molar-refractivity contribution is 5.04.